The fourth-order valence-electron chi connectivity index (χ4n) is 3.55. The van der Waals surface area contributed by atoms with E-state index < -0.39 is 0 Å². The molecule has 1 atom stereocenters. The van der Waals surface area contributed by atoms with Gasteiger partial charge in [-0.2, -0.15) is 0 Å². The zero-order valence-electron chi connectivity index (χ0n) is 18.2. The van der Waals surface area contributed by atoms with Crippen LogP contribution in [0.2, 0.25) is 0 Å². The largest absolute Gasteiger partial charge is 0.385 e. The lowest BCUT2D eigenvalue weighted by Crippen LogP contribution is -2.50. The van der Waals surface area contributed by atoms with Gasteiger partial charge in [-0.1, -0.05) is 30.3 Å². The maximum absolute atomic E-state index is 5.15. The second-order valence-corrected chi connectivity index (χ2v) is 7.81. The van der Waals surface area contributed by atoms with Gasteiger partial charge in [0.15, 0.2) is 5.96 Å². The van der Waals surface area contributed by atoms with Crippen molar-refractivity contribution in [2.75, 3.05) is 54.0 Å². The van der Waals surface area contributed by atoms with Gasteiger partial charge < -0.3 is 20.3 Å². The predicted octanol–water partition coefficient (Wildman–Crippen LogP) is 2.17. The van der Waals surface area contributed by atoms with Crippen LogP contribution in [0.4, 0.5) is 0 Å². The maximum Gasteiger partial charge on any atom is 0.191 e. The Morgan fingerprint density at radius 2 is 2.00 bits per heavy atom. The lowest BCUT2D eigenvalue weighted by molar-refractivity contribution is 0.155. The Morgan fingerprint density at radius 1 is 1.29 bits per heavy atom. The van der Waals surface area contributed by atoms with Crippen LogP contribution in [0.15, 0.2) is 35.3 Å². The van der Waals surface area contributed by atoms with E-state index in [0.29, 0.717) is 12.1 Å². The van der Waals surface area contributed by atoms with Crippen molar-refractivity contribution in [3.05, 3.63) is 35.9 Å². The molecule has 1 aromatic carbocycles. The number of hydrogen-bond donors (Lipinski definition) is 2. The van der Waals surface area contributed by atoms with Gasteiger partial charge in [-0.05, 0) is 38.8 Å². The van der Waals surface area contributed by atoms with E-state index in [4.69, 9.17) is 4.74 Å². The number of ether oxygens (including phenoxy) is 1. The summed E-state index contributed by atoms with van der Waals surface area (Å²) in [7, 11) is 5.80. The Kier molecular flexibility index (Phi) is 10.3. The number of nitrogens with one attached hydrogen (secondary N) is 2. The topological polar surface area (TPSA) is 52.1 Å². The molecule has 1 heterocycles. The summed E-state index contributed by atoms with van der Waals surface area (Å²) in [6.45, 7) is 8.37. The fourth-order valence-corrected chi connectivity index (χ4v) is 3.55. The second-order valence-electron chi connectivity index (χ2n) is 7.81. The highest BCUT2D eigenvalue weighted by atomic mass is 16.5. The maximum atomic E-state index is 5.15. The first kappa shape index (κ1) is 22.7. The molecule has 0 aromatic heterocycles. The van der Waals surface area contributed by atoms with Crippen LogP contribution in [0.5, 0.6) is 0 Å². The van der Waals surface area contributed by atoms with Gasteiger partial charge in [0, 0.05) is 65.6 Å². The van der Waals surface area contributed by atoms with Gasteiger partial charge in [-0.15, -0.1) is 0 Å². The fraction of sp³-hybridized carbons (Fsp3) is 0.682. The van der Waals surface area contributed by atoms with E-state index in [9.17, 15) is 0 Å². The molecule has 0 aliphatic carbocycles. The normalized spacial score (nSPS) is 17.7. The first-order valence-corrected chi connectivity index (χ1v) is 10.5. The summed E-state index contributed by atoms with van der Waals surface area (Å²) in [4.78, 5) is 9.33. The summed E-state index contributed by atoms with van der Waals surface area (Å²) in [5.74, 6) is 0.915. The number of nitrogens with zero attached hydrogens (tertiary/aromatic N) is 3. The number of aliphatic imine (C=N–C) groups is 1. The van der Waals surface area contributed by atoms with Gasteiger partial charge in [-0.25, -0.2) is 0 Å². The summed E-state index contributed by atoms with van der Waals surface area (Å²) >= 11 is 0. The molecule has 1 aromatic rings. The van der Waals surface area contributed by atoms with Crippen molar-refractivity contribution < 1.29 is 4.74 Å². The number of piperidine rings is 1. The molecule has 1 aliphatic rings. The van der Waals surface area contributed by atoms with Gasteiger partial charge in [0.1, 0.15) is 0 Å². The average Bonchev–Trinajstić information content (AvgIpc) is 2.72. The minimum atomic E-state index is 0.418. The van der Waals surface area contributed by atoms with E-state index in [0.717, 1.165) is 64.6 Å². The third-order valence-electron chi connectivity index (χ3n) is 5.57. The van der Waals surface area contributed by atoms with E-state index in [1.54, 1.807) is 7.11 Å². The van der Waals surface area contributed by atoms with Gasteiger partial charge >= 0.3 is 0 Å². The number of benzene rings is 1. The summed E-state index contributed by atoms with van der Waals surface area (Å²) in [5.41, 5.74) is 1.34. The Labute approximate surface area is 171 Å². The molecule has 0 bridgehead atoms. The summed E-state index contributed by atoms with van der Waals surface area (Å²) in [6, 6.07) is 11.5. The molecular weight excluding hydrogens is 350 g/mol. The molecule has 0 saturated carbocycles. The van der Waals surface area contributed by atoms with Crippen molar-refractivity contribution in [3.63, 3.8) is 0 Å². The monoisotopic (exact) mass is 389 g/mol. The number of rotatable bonds is 10. The molecule has 0 radical (unpaired) electrons. The van der Waals surface area contributed by atoms with Crippen LogP contribution < -0.4 is 10.6 Å². The molecule has 0 spiro atoms. The van der Waals surface area contributed by atoms with Crippen LogP contribution in [0, 0.1) is 0 Å². The Bertz CT molecular complexity index is 557. The lowest BCUT2D eigenvalue weighted by Gasteiger charge is -2.33. The number of hydrogen-bond acceptors (Lipinski definition) is 4. The molecule has 2 N–H and O–H groups in total. The predicted molar refractivity (Wildman–Crippen MR) is 118 cm³/mol. The minimum absolute atomic E-state index is 0.418. The van der Waals surface area contributed by atoms with Crippen molar-refractivity contribution in [2.24, 2.45) is 4.99 Å². The zero-order chi connectivity index (χ0) is 20.2. The van der Waals surface area contributed by atoms with E-state index in [1.807, 2.05) is 7.05 Å². The van der Waals surface area contributed by atoms with Crippen molar-refractivity contribution in [3.8, 4) is 0 Å². The number of likely N-dealkylation sites (tertiary alicyclic amines) is 1. The lowest BCUT2D eigenvalue weighted by atomic mass is 10.1. The molecule has 158 valence electrons. The van der Waals surface area contributed by atoms with Gasteiger partial charge in [-0.3, -0.25) is 9.89 Å². The van der Waals surface area contributed by atoms with Crippen LogP contribution in [-0.4, -0.2) is 81.8 Å². The molecule has 6 nitrogen and oxygen atoms in total. The molecule has 6 heteroatoms. The SMILES string of the molecule is CN=C(NCC(C)N(C)Cc1ccccc1)NC1CCN(CCCOC)CC1. The van der Waals surface area contributed by atoms with Crippen LogP contribution in [-0.2, 0) is 11.3 Å². The first-order valence-electron chi connectivity index (χ1n) is 10.5. The Balaban J connectivity index is 1.67. The van der Waals surface area contributed by atoms with Gasteiger partial charge in [0.25, 0.3) is 0 Å². The van der Waals surface area contributed by atoms with Gasteiger partial charge in [0.05, 0.1) is 0 Å². The highest BCUT2D eigenvalue weighted by molar-refractivity contribution is 5.80. The van der Waals surface area contributed by atoms with E-state index in [2.05, 4.69) is 69.7 Å². The van der Waals surface area contributed by atoms with Crippen molar-refractivity contribution in [1.82, 2.24) is 20.4 Å². The molecule has 2 rings (SSSR count). The van der Waals surface area contributed by atoms with E-state index in [1.165, 1.54) is 5.56 Å². The third kappa shape index (κ3) is 8.17. The summed E-state index contributed by atoms with van der Waals surface area (Å²) < 4.78 is 5.15. The molecule has 1 saturated heterocycles. The smallest absolute Gasteiger partial charge is 0.191 e. The van der Waals surface area contributed by atoms with Crippen molar-refractivity contribution in [2.45, 2.75) is 44.8 Å². The highest BCUT2D eigenvalue weighted by Crippen LogP contribution is 2.11. The number of guanidine groups is 1. The molecule has 1 unspecified atom stereocenters. The Hall–Kier alpha value is -1.63. The second kappa shape index (κ2) is 12.8. The molecule has 0 amide bonds. The molecule has 28 heavy (non-hydrogen) atoms. The quantitative estimate of drug-likeness (QED) is 0.365. The molecule has 1 fully saturated rings. The zero-order valence-corrected chi connectivity index (χ0v) is 18.2. The van der Waals surface area contributed by atoms with Gasteiger partial charge in [0.2, 0.25) is 0 Å². The van der Waals surface area contributed by atoms with Crippen LogP contribution in [0.1, 0.15) is 31.7 Å². The standard InChI is InChI=1S/C22H39N5O/c1-19(26(3)18-20-9-6-5-7-10-20)17-24-22(23-2)25-21-11-14-27(15-12-21)13-8-16-28-4/h5-7,9-10,19,21H,8,11-18H2,1-4H3,(H2,23,24,25). The van der Waals surface area contributed by atoms with Crippen molar-refractivity contribution in [1.29, 1.82) is 0 Å². The summed E-state index contributed by atoms with van der Waals surface area (Å²) in [5, 5.41) is 7.11. The first-order chi connectivity index (χ1) is 13.6. The van der Waals surface area contributed by atoms with Crippen molar-refractivity contribution >= 4 is 5.96 Å². The minimum Gasteiger partial charge on any atom is -0.385 e. The average molecular weight is 390 g/mol. The highest BCUT2D eigenvalue weighted by Gasteiger charge is 2.20. The van der Waals surface area contributed by atoms with Crippen LogP contribution >= 0.6 is 0 Å². The third-order valence-corrected chi connectivity index (χ3v) is 5.57. The van der Waals surface area contributed by atoms with E-state index in [-0.39, 0.29) is 0 Å². The Morgan fingerprint density at radius 3 is 2.64 bits per heavy atom. The number of methoxy groups -OCH3 is 1. The molecule has 1 aliphatic heterocycles. The van der Waals surface area contributed by atoms with E-state index >= 15 is 0 Å². The number of likely N-dealkylation sites (N-methyl/N-ethyl adjacent to an activating group) is 1. The molecular formula is C22H39N5O. The van der Waals surface area contributed by atoms with Crippen LogP contribution in [0.3, 0.4) is 0 Å². The summed E-state index contributed by atoms with van der Waals surface area (Å²) in [6.07, 6.45) is 3.44. The van der Waals surface area contributed by atoms with Crippen LogP contribution in [0.25, 0.3) is 0 Å².